The number of hydrogen-bond donors (Lipinski definition) is 2. The lowest BCUT2D eigenvalue weighted by Crippen LogP contribution is -2.31. The van der Waals surface area contributed by atoms with Crippen molar-refractivity contribution in [1.29, 1.82) is 0 Å². The summed E-state index contributed by atoms with van der Waals surface area (Å²) in [6.07, 6.45) is 0.938. The van der Waals surface area contributed by atoms with Gasteiger partial charge in [0.2, 0.25) is 11.0 Å². The van der Waals surface area contributed by atoms with Crippen LogP contribution in [0.1, 0.15) is 20.3 Å². The number of nitrogens with one attached hydrogen (secondary N) is 2. The number of nitrogens with zero attached hydrogens (tertiary/aromatic N) is 2. The van der Waals surface area contributed by atoms with E-state index in [-0.39, 0.29) is 11.2 Å². The van der Waals surface area contributed by atoms with E-state index in [1.165, 1.54) is 23.1 Å². The zero-order valence-corrected chi connectivity index (χ0v) is 13.6. The van der Waals surface area contributed by atoms with E-state index in [2.05, 4.69) is 20.8 Å². The first-order valence-electron chi connectivity index (χ1n) is 6.79. The van der Waals surface area contributed by atoms with E-state index in [1.807, 2.05) is 44.2 Å². The van der Waals surface area contributed by atoms with Crippen molar-refractivity contribution in [3.8, 4) is 0 Å². The van der Waals surface area contributed by atoms with Crippen molar-refractivity contribution in [2.45, 2.75) is 29.9 Å². The molecule has 1 aromatic carbocycles. The van der Waals surface area contributed by atoms with E-state index in [1.54, 1.807) is 0 Å². The van der Waals surface area contributed by atoms with Gasteiger partial charge in [-0.1, -0.05) is 48.2 Å². The Morgan fingerprint density at radius 1 is 1.33 bits per heavy atom. The number of amides is 1. The largest absolute Gasteiger partial charge is 0.355 e. The highest BCUT2D eigenvalue weighted by Crippen LogP contribution is 2.30. The summed E-state index contributed by atoms with van der Waals surface area (Å²) in [7, 11) is 0. The van der Waals surface area contributed by atoms with Crippen molar-refractivity contribution in [2.24, 2.45) is 0 Å². The summed E-state index contributed by atoms with van der Waals surface area (Å²) in [6, 6.07) is 9.81. The number of hydrogen-bond acceptors (Lipinski definition) is 6. The van der Waals surface area contributed by atoms with E-state index in [4.69, 9.17) is 0 Å². The molecular weight excluding hydrogens is 304 g/mol. The average Bonchev–Trinajstić information content (AvgIpc) is 2.92. The van der Waals surface area contributed by atoms with E-state index < -0.39 is 0 Å². The third-order valence-corrected chi connectivity index (χ3v) is 4.65. The molecule has 21 heavy (non-hydrogen) atoms. The van der Waals surface area contributed by atoms with Crippen molar-refractivity contribution in [2.75, 3.05) is 11.9 Å². The lowest BCUT2D eigenvalue weighted by molar-refractivity contribution is -0.120. The molecule has 0 aliphatic carbocycles. The van der Waals surface area contributed by atoms with Crippen LogP contribution in [0.25, 0.3) is 0 Å². The van der Waals surface area contributed by atoms with E-state index >= 15 is 0 Å². The number of carbonyl (C=O) groups is 1. The van der Waals surface area contributed by atoms with Gasteiger partial charge in [-0.3, -0.25) is 4.79 Å². The SMILES string of the molecule is CCCNC(=O)[C@@H](C)Sc1nnc(Nc2ccccc2)s1. The molecule has 0 bridgehead atoms. The number of para-hydroxylation sites is 1. The zero-order chi connectivity index (χ0) is 15.1. The Morgan fingerprint density at radius 3 is 2.81 bits per heavy atom. The summed E-state index contributed by atoms with van der Waals surface area (Å²) >= 11 is 2.87. The molecule has 1 atom stereocenters. The molecule has 0 fully saturated rings. The molecular formula is C14H18N4OS2. The van der Waals surface area contributed by atoms with Gasteiger partial charge in [-0.2, -0.15) is 0 Å². The molecule has 2 N–H and O–H groups in total. The smallest absolute Gasteiger partial charge is 0.233 e. The highest BCUT2D eigenvalue weighted by atomic mass is 32.2. The van der Waals surface area contributed by atoms with Crippen LogP contribution >= 0.6 is 23.1 Å². The minimum absolute atomic E-state index is 0.0367. The Kier molecular flexibility index (Phi) is 6.01. The molecule has 1 heterocycles. The Balaban J connectivity index is 1.89. The van der Waals surface area contributed by atoms with E-state index in [9.17, 15) is 4.79 Å². The number of benzene rings is 1. The van der Waals surface area contributed by atoms with Gasteiger partial charge < -0.3 is 10.6 Å². The quantitative estimate of drug-likeness (QED) is 0.766. The third kappa shape index (κ3) is 5.02. The Morgan fingerprint density at radius 2 is 2.10 bits per heavy atom. The molecule has 0 saturated carbocycles. The van der Waals surface area contributed by atoms with Crippen molar-refractivity contribution in [3.63, 3.8) is 0 Å². The lowest BCUT2D eigenvalue weighted by atomic mass is 10.3. The van der Waals surface area contributed by atoms with Crippen molar-refractivity contribution in [3.05, 3.63) is 30.3 Å². The fourth-order valence-electron chi connectivity index (χ4n) is 1.55. The molecule has 0 aliphatic rings. The second kappa shape index (κ2) is 7.99. The molecule has 5 nitrogen and oxygen atoms in total. The summed E-state index contributed by atoms with van der Waals surface area (Å²) in [4.78, 5) is 11.8. The molecule has 0 unspecified atom stereocenters. The first-order valence-corrected chi connectivity index (χ1v) is 8.48. The monoisotopic (exact) mass is 322 g/mol. The maximum Gasteiger partial charge on any atom is 0.233 e. The predicted molar refractivity (Wildman–Crippen MR) is 88.3 cm³/mol. The van der Waals surface area contributed by atoms with Crippen molar-refractivity contribution >= 4 is 39.8 Å². The molecule has 1 amide bonds. The first kappa shape index (κ1) is 15.8. The van der Waals surface area contributed by atoms with Crippen LogP contribution < -0.4 is 10.6 Å². The predicted octanol–water partition coefficient (Wildman–Crippen LogP) is 3.29. The summed E-state index contributed by atoms with van der Waals surface area (Å²) in [5.74, 6) is 0.0367. The maximum absolute atomic E-state index is 11.8. The second-order valence-corrected chi connectivity index (χ2v) is 6.98. The topological polar surface area (TPSA) is 66.9 Å². The Hall–Kier alpha value is -1.60. The van der Waals surface area contributed by atoms with Gasteiger partial charge in [-0.25, -0.2) is 0 Å². The van der Waals surface area contributed by atoms with Crippen LogP contribution in [0, 0.1) is 0 Å². The minimum Gasteiger partial charge on any atom is -0.355 e. The molecule has 0 spiro atoms. The van der Waals surface area contributed by atoms with Crippen LogP contribution in [0.4, 0.5) is 10.8 Å². The summed E-state index contributed by atoms with van der Waals surface area (Å²) in [5.41, 5.74) is 0.971. The van der Waals surface area contributed by atoms with Crippen LogP contribution in [0.3, 0.4) is 0 Å². The Bertz CT molecular complexity index is 573. The summed E-state index contributed by atoms with van der Waals surface area (Å²) in [5, 5.41) is 14.8. The molecule has 0 radical (unpaired) electrons. The first-order chi connectivity index (χ1) is 10.2. The normalized spacial score (nSPS) is 11.9. The van der Waals surface area contributed by atoms with Gasteiger partial charge in [0.1, 0.15) is 0 Å². The number of thioether (sulfide) groups is 1. The Labute approximate surface area is 132 Å². The van der Waals surface area contributed by atoms with Crippen molar-refractivity contribution < 1.29 is 4.79 Å². The second-order valence-electron chi connectivity index (χ2n) is 4.42. The molecule has 2 rings (SSSR count). The highest BCUT2D eigenvalue weighted by Gasteiger charge is 2.16. The van der Waals surface area contributed by atoms with Gasteiger partial charge >= 0.3 is 0 Å². The van der Waals surface area contributed by atoms with Crippen LogP contribution in [0.2, 0.25) is 0 Å². The molecule has 0 saturated heterocycles. The summed E-state index contributed by atoms with van der Waals surface area (Å²) < 4.78 is 0.785. The van der Waals surface area contributed by atoms with Gasteiger partial charge in [-0.15, -0.1) is 10.2 Å². The molecule has 1 aromatic heterocycles. The molecule has 7 heteroatoms. The highest BCUT2D eigenvalue weighted by molar-refractivity contribution is 8.02. The standard InChI is InChI=1S/C14H18N4OS2/c1-3-9-15-12(19)10(2)20-14-18-17-13(21-14)16-11-7-5-4-6-8-11/h4-8,10H,3,9H2,1-2H3,(H,15,19)(H,16,17)/t10-/m1/s1. The van der Waals surface area contributed by atoms with Crippen LogP contribution in [0.15, 0.2) is 34.7 Å². The lowest BCUT2D eigenvalue weighted by Gasteiger charge is -2.08. The number of rotatable bonds is 7. The summed E-state index contributed by atoms with van der Waals surface area (Å²) in [6.45, 7) is 4.62. The fraction of sp³-hybridized carbons (Fsp3) is 0.357. The van der Waals surface area contributed by atoms with E-state index in [0.717, 1.165) is 21.6 Å². The van der Waals surface area contributed by atoms with Crippen LogP contribution in [-0.4, -0.2) is 27.9 Å². The van der Waals surface area contributed by atoms with Gasteiger partial charge in [0, 0.05) is 12.2 Å². The number of carbonyl (C=O) groups excluding carboxylic acids is 1. The number of anilines is 2. The van der Waals surface area contributed by atoms with Crippen molar-refractivity contribution in [1.82, 2.24) is 15.5 Å². The fourth-order valence-corrected chi connectivity index (χ4v) is 3.49. The minimum atomic E-state index is -0.172. The zero-order valence-electron chi connectivity index (χ0n) is 12.0. The molecule has 0 aliphatic heterocycles. The van der Waals surface area contributed by atoms with Gasteiger partial charge in [-0.05, 0) is 25.5 Å². The van der Waals surface area contributed by atoms with Crippen LogP contribution in [0.5, 0.6) is 0 Å². The third-order valence-electron chi connectivity index (χ3n) is 2.63. The number of aromatic nitrogens is 2. The van der Waals surface area contributed by atoms with Crippen LogP contribution in [-0.2, 0) is 4.79 Å². The average molecular weight is 322 g/mol. The molecule has 2 aromatic rings. The van der Waals surface area contributed by atoms with Gasteiger partial charge in [0.15, 0.2) is 4.34 Å². The van der Waals surface area contributed by atoms with Gasteiger partial charge in [0.25, 0.3) is 0 Å². The molecule has 112 valence electrons. The van der Waals surface area contributed by atoms with E-state index in [0.29, 0.717) is 6.54 Å². The van der Waals surface area contributed by atoms with Gasteiger partial charge in [0.05, 0.1) is 5.25 Å². The maximum atomic E-state index is 11.8.